The van der Waals surface area contributed by atoms with Crippen molar-refractivity contribution >= 4 is 32.8 Å². The van der Waals surface area contributed by atoms with E-state index in [2.05, 4.69) is 10.5 Å². The van der Waals surface area contributed by atoms with Gasteiger partial charge in [0.2, 0.25) is 0 Å². The molecule has 0 saturated heterocycles. The molecule has 1 amide bonds. The zero-order valence-electron chi connectivity index (χ0n) is 15.8. The minimum atomic E-state index is -3.24. The maximum atomic E-state index is 12.6. The van der Waals surface area contributed by atoms with Crippen molar-refractivity contribution in [3.8, 4) is 11.1 Å². The molecule has 0 unspecified atom stereocenters. The van der Waals surface area contributed by atoms with E-state index in [9.17, 15) is 13.2 Å². The van der Waals surface area contributed by atoms with Gasteiger partial charge in [0.05, 0.1) is 10.6 Å². The van der Waals surface area contributed by atoms with Crippen LogP contribution in [0.2, 0.25) is 0 Å². The second kappa shape index (κ2) is 8.08. The Morgan fingerprint density at radius 2 is 1.64 bits per heavy atom. The zero-order valence-corrected chi connectivity index (χ0v) is 17.4. The summed E-state index contributed by atoms with van der Waals surface area (Å²) in [6.07, 6.45) is 1.16. The molecule has 0 fully saturated rings. The van der Waals surface area contributed by atoms with E-state index in [1.165, 1.54) is 23.5 Å². The van der Waals surface area contributed by atoms with Crippen molar-refractivity contribution in [2.45, 2.75) is 18.7 Å². The number of aryl methyl sites for hydroxylation is 1. The van der Waals surface area contributed by atoms with E-state index in [-0.39, 0.29) is 10.8 Å². The monoisotopic (exact) mass is 412 g/mol. The van der Waals surface area contributed by atoms with Crippen LogP contribution in [0.5, 0.6) is 0 Å². The highest BCUT2D eigenvalue weighted by atomic mass is 32.2. The smallest absolute Gasteiger partial charge is 0.266 e. The van der Waals surface area contributed by atoms with Gasteiger partial charge in [-0.1, -0.05) is 42.0 Å². The first-order chi connectivity index (χ1) is 13.3. The maximum Gasteiger partial charge on any atom is 0.282 e. The number of hydrogen-bond donors (Lipinski definition) is 1. The van der Waals surface area contributed by atoms with Gasteiger partial charge in [-0.05, 0) is 48.6 Å². The van der Waals surface area contributed by atoms with Crippen LogP contribution in [-0.4, -0.2) is 26.3 Å². The van der Waals surface area contributed by atoms with E-state index >= 15 is 0 Å². The summed E-state index contributed by atoms with van der Waals surface area (Å²) < 4.78 is 23.1. The number of rotatable bonds is 5. The summed E-state index contributed by atoms with van der Waals surface area (Å²) in [7, 11) is -3.24. The van der Waals surface area contributed by atoms with E-state index in [0.29, 0.717) is 10.6 Å². The lowest BCUT2D eigenvalue weighted by molar-refractivity contribution is 0.0959. The SMILES string of the molecule is C/C(=N/NC(=O)c1sccc1-c1ccc(C)cc1)c1ccc(S(C)(=O)=O)cc1. The predicted molar refractivity (Wildman–Crippen MR) is 114 cm³/mol. The van der Waals surface area contributed by atoms with E-state index in [0.717, 1.165) is 28.5 Å². The van der Waals surface area contributed by atoms with Crippen molar-refractivity contribution in [2.24, 2.45) is 5.10 Å². The first kappa shape index (κ1) is 20.0. The lowest BCUT2D eigenvalue weighted by Gasteiger charge is -2.06. The Balaban J connectivity index is 1.77. The number of carbonyl (C=O) groups excluding carboxylic acids is 1. The standard InChI is InChI=1S/C21H20N2O3S2/c1-14-4-6-17(7-5-14)19-12-13-27-20(19)21(24)23-22-15(2)16-8-10-18(11-9-16)28(3,25)26/h4-13H,1-3H3,(H,23,24)/b22-15-. The molecule has 7 heteroatoms. The number of benzene rings is 2. The lowest BCUT2D eigenvalue weighted by atomic mass is 10.1. The highest BCUT2D eigenvalue weighted by molar-refractivity contribution is 7.90. The van der Waals surface area contributed by atoms with Crippen LogP contribution < -0.4 is 5.43 Å². The second-order valence-corrected chi connectivity index (χ2v) is 9.40. The van der Waals surface area contributed by atoms with E-state index in [4.69, 9.17) is 0 Å². The minimum Gasteiger partial charge on any atom is -0.266 e. The number of thiophene rings is 1. The van der Waals surface area contributed by atoms with Gasteiger partial charge in [0, 0.05) is 11.8 Å². The maximum absolute atomic E-state index is 12.6. The molecule has 5 nitrogen and oxygen atoms in total. The van der Waals surface area contributed by atoms with Crippen LogP contribution in [0.15, 0.2) is 70.0 Å². The summed E-state index contributed by atoms with van der Waals surface area (Å²) in [6, 6.07) is 16.3. The van der Waals surface area contributed by atoms with Crippen LogP contribution in [0.4, 0.5) is 0 Å². The fraction of sp³-hybridized carbons (Fsp3) is 0.143. The average molecular weight is 413 g/mol. The van der Waals surface area contributed by atoms with Crippen LogP contribution >= 0.6 is 11.3 Å². The van der Waals surface area contributed by atoms with E-state index < -0.39 is 9.84 Å². The van der Waals surface area contributed by atoms with Crippen molar-refractivity contribution < 1.29 is 13.2 Å². The van der Waals surface area contributed by atoms with Gasteiger partial charge in [-0.2, -0.15) is 5.10 Å². The van der Waals surface area contributed by atoms with Gasteiger partial charge in [0.1, 0.15) is 4.88 Å². The first-order valence-electron chi connectivity index (χ1n) is 8.55. The molecular formula is C21H20N2O3S2. The summed E-state index contributed by atoms with van der Waals surface area (Å²) in [6.45, 7) is 3.77. The molecule has 28 heavy (non-hydrogen) atoms. The summed E-state index contributed by atoms with van der Waals surface area (Å²) >= 11 is 1.36. The normalized spacial score (nSPS) is 12.0. The van der Waals surface area contributed by atoms with Crippen LogP contribution in [0.1, 0.15) is 27.7 Å². The number of amides is 1. The van der Waals surface area contributed by atoms with Gasteiger partial charge >= 0.3 is 0 Å². The van der Waals surface area contributed by atoms with Crippen LogP contribution in [0.25, 0.3) is 11.1 Å². The topological polar surface area (TPSA) is 75.6 Å². The summed E-state index contributed by atoms with van der Waals surface area (Å²) in [5.41, 5.74) is 6.92. The molecule has 1 aromatic heterocycles. The summed E-state index contributed by atoms with van der Waals surface area (Å²) in [4.78, 5) is 13.4. The third kappa shape index (κ3) is 4.55. The quantitative estimate of drug-likeness (QED) is 0.502. The molecule has 0 radical (unpaired) electrons. The molecule has 144 valence electrons. The first-order valence-corrected chi connectivity index (χ1v) is 11.3. The highest BCUT2D eigenvalue weighted by Gasteiger charge is 2.14. The van der Waals surface area contributed by atoms with Crippen molar-refractivity contribution in [2.75, 3.05) is 6.26 Å². The second-order valence-electron chi connectivity index (χ2n) is 6.46. The Bertz CT molecular complexity index is 1130. The number of sulfone groups is 1. The lowest BCUT2D eigenvalue weighted by Crippen LogP contribution is -2.19. The largest absolute Gasteiger partial charge is 0.282 e. The molecule has 0 saturated carbocycles. The Kier molecular flexibility index (Phi) is 5.76. The predicted octanol–water partition coefficient (Wildman–Crippen LogP) is 4.28. The van der Waals surface area contributed by atoms with Gasteiger partial charge in [-0.15, -0.1) is 11.3 Å². The molecule has 0 atom stereocenters. The minimum absolute atomic E-state index is 0.245. The molecule has 0 aliphatic rings. The van der Waals surface area contributed by atoms with Crippen LogP contribution in [0, 0.1) is 6.92 Å². The molecule has 0 aliphatic carbocycles. The number of hydrazone groups is 1. The Labute approximate surface area is 168 Å². The number of carbonyl (C=O) groups is 1. The van der Waals surface area contributed by atoms with Crippen molar-refractivity contribution in [3.63, 3.8) is 0 Å². The van der Waals surface area contributed by atoms with Crippen molar-refractivity contribution in [3.05, 3.63) is 76.0 Å². The van der Waals surface area contributed by atoms with Crippen LogP contribution in [-0.2, 0) is 9.84 Å². The fourth-order valence-corrected chi connectivity index (χ4v) is 4.08. The fourth-order valence-electron chi connectivity index (χ4n) is 2.64. The number of hydrogen-bond acceptors (Lipinski definition) is 5. The van der Waals surface area contributed by atoms with Crippen LogP contribution in [0.3, 0.4) is 0 Å². The molecule has 3 aromatic rings. The van der Waals surface area contributed by atoms with Gasteiger partial charge in [-0.25, -0.2) is 13.8 Å². The van der Waals surface area contributed by atoms with Crippen molar-refractivity contribution in [1.82, 2.24) is 5.43 Å². The van der Waals surface area contributed by atoms with Gasteiger partial charge < -0.3 is 0 Å². The third-order valence-corrected chi connectivity index (χ3v) is 6.30. The van der Waals surface area contributed by atoms with E-state index in [1.807, 2.05) is 42.6 Å². The molecule has 1 N–H and O–H groups in total. The third-order valence-electron chi connectivity index (χ3n) is 4.26. The molecule has 0 bridgehead atoms. The molecule has 0 spiro atoms. The Morgan fingerprint density at radius 3 is 2.25 bits per heavy atom. The summed E-state index contributed by atoms with van der Waals surface area (Å²) in [5, 5.41) is 6.04. The molecular weight excluding hydrogens is 392 g/mol. The van der Waals surface area contributed by atoms with Gasteiger partial charge in [0.15, 0.2) is 9.84 Å². The van der Waals surface area contributed by atoms with Crippen molar-refractivity contribution in [1.29, 1.82) is 0 Å². The van der Waals surface area contributed by atoms with Gasteiger partial charge in [-0.3, -0.25) is 4.79 Å². The number of nitrogens with one attached hydrogen (secondary N) is 1. The Morgan fingerprint density at radius 1 is 1.00 bits per heavy atom. The molecule has 1 heterocycles. The molecule has 3 rings (SSSR count). The average Bonchev–Trinajstić information content (AvgIpc) is 3.16. The van der Waals surface area contributed by atoms with Gasteiger partial charge in [0.25, 0.3) is 5.91 Å². The zero-order chi connectivity index (χ0) is 20.3. The molecule has 2 aromatic carbocycles. The number of nitrogens with zero attached hydrogens (tertiary/aromatic N) is 1. The Hall–Kier alpha value is -2.77. The molecule has 0 aliphatic heterocycles. The highest BCUT2D eigenvalue weighted by Crippen LogP contribution is 2.28. The summed E-state index contributed by atoms with van der Waals surface area (Å²) in [5.74, 6) is -0.280. The van der Waals surface area contributed by atoms with E-state index in [1.54, 1.807) is 19.1 Å².